The second kappa shape index (κ2) is 7.17. The minimum atomic E-state index is -1.26. The van der Waals surface area contributed by atoms with Gasteiger partial charge in [-0.15, -0.1) is 0 Å². The standard InChI is InChI=1S/C15H19FN2O3/c16-11-2-3-13(12(9-11)15(20)21)18-14(19)4-1-10-5-7-17-8-6-10/h2-3,9-10,17H,1,4-8H2,(H,18,19)(H,20,21). The first-order valence-corrected chi connectivity index (χ1v) is 7.09. The third-order valence-corrected chi connectivity index (χ3v) is 3.72. The quantitative estimate of drug-likeness (QED) is 0.778. The Morgan fingerprint density at radius 2 is 2.05 bits per heavy atom. The Morgan fingerprint density at radius 3 is 2.71 bits per heavy atom. The average molecular weight is 294 g/mol. The van der Waals surface area contributed by atoms with E-state index in [4.69, 9.17) is 5.11 Å². The number of halogens is 1. The third kappa shape index (κ3) is 4.53. The molecule has 1 amide bonds. The Labute approximate surface area is 122 Å². The Hall–Kier alpha value is -1.95. The molecule has 21 heavy (non-hydrogen) atoms. The van der Waals surface area contributed by atoms with Gasteiger partial charge in [0.15, 0.2) is 0 Å². The molecule has 3 N–H and O–H groups in total. The molecule has 0 spiro atoms. The molecule has 1 aromatic rings. The van der Waals surface area contributed by atoms with Crippen molar-refractivity contribution in [1.29, 1.82) is 0 Å². The number of carboxylic acids is 1. The van der Waals surface area contributed by atoms with E-state index in [9.17, 15) is 14.0 Å². The van der Waals surface area contributed by atoms with Gasteiger partial charge in [0.25, 0.3) is 0 Å². The molecule has 1 aromatic carbocycles. The normalized spacial score (nSPS) is 15.7. The molecule has 0 bridgehead atoms. The summed E-state index contributed by atoms with van der Waals surface area (Å²) in [5.41, 5.74) is -0.0931. The lowest BCUT2D eigenvalue weighted by Gasteiger charge is -2.22. The molecule has 1 aliphatic rings. The highest BCUT2D eigenvalue weighted by Crippen LogP contribution is 2.20. The van der Waals surface area contributed by atoms with Gasteiger partial charge < -0.3 is 15.7 Å². The van der Waals surface area contributed by atoms with E-state index in [0.29, 0.717) is 12.3 Å². The molecule has 0 aliphatic carbocycles. The van der Waals surface area contributed by atoms with E-state index in [1.54, 1.807) is 0 Å². The summed E-state index contributed by atoms with van der Waals surface area (Å²) >= 11 is 0. The van der Waals surface area contributed by atoms with Gasteiger partial charge in [-0.05, 0) is 56.5 Å². The summed E-state index contributed by atoms with van der Waals surface area (Å²) in [5, 5.41) is 14.8. The fourth-order valence-electron chi connectivity index (χ4n) is 2.52. The van der Waals surface area contributed by atoms with Gasteiger partial charge >= 0.3 is 5.97 Å². The van der Waals surface area contributed by atoms with Gasteiger partial charge in [0.2, 0.25) is 5.91 Å². The number of piperidine rings is 1. The lowest BCUT2D eigenvalue weighted by atomic mass is 9.93. The second-order valence-corrected chi connectivity index (χ2v) is 5.28. The summed E-state index contributed by atoms with van der Waals surface area (Å²) in [6, 6.07) is 3.32. The lowest BCUT2D eigenvalue weighted by Crippen LogP contribution is -2.28. The molecule has 0 saturated carbocycles. The van der Waals surface area contributed by atoms with Crippen molar-refractivity contribution in [3.63, 3.8) is 0 Å². The van der Waals surface area contributed by atoms with Crippen LogP contribution in [0.15, 0.2) is 18.2 Å². The van der Waals surface area contributed by atoms with Crippen LogP contribution in [0.3, 0.4) is 0 Å². The predicted molar refractivity (Wildman–Crippen MR) is 76.8 cm³/mol. The first-order valence-electron chi connectivity index (χ1n) is 7.09. The van der Waals surface area contributed by atoms with Crippen LogP contribution in [0.2, 0.25) is 0 Å². The number of carbonyl (C=O) groups is 2. The van der Waals surface area contributed by atoms with Crippen LogP contribution in [0.4, 0.5) is 10.1 Å². The fourth-order valence-corrected chi connectivity index (χ4v) is 2.52. The number of carbonyl (C=O) groups excluding carboxylic acids is 1. The molecule has 1 aliphatic heterocycles. The molecular formula is C15H19FN2O3. The van der Waals surface area contributed by atoms with E-state index in [1.807, 2.05) is 0 Å². The number of rotatable bonds is 5. The van der Waals surface area contributed by atoms with Crippen LogP contribution in [0, 0.1) is 11.7 Å². The molecule has 0 aromatic heterocycles. The Morgan fingerprint density at radius 1 is 1.33 bits per heavy atom. The first kappa shape index (κ1) is 15.4. The number of carboxylic acid groups (broad SMARTS) is 1. The van der Waals surface area contributed by atoms with Crippen molar-refractivity contribution in [2.24, 2.45) is 5.92 Å². The van der Waals surface area contributed by atoms with Crippen LogP contribution >= 0.6 is 0 Å². The molecule has 0 atom stereocenters. The molecule has 114 valence electrons. The zero-order valence-corrected chi connectivity index (χ0v) is 11.7. The highest BCUT2D eigenvalue weighted by Gasteiger charge is 2.16. The SMILES string of the molecule is O=C(CCC1CCNCC1)Nc1ccc(F)cc1C(=O)O. The van der Waals surface area contributed by atoms with Crippen molar-refractivity contribution < 1.29 is 19.1 Å². The summed E-state index contributed by atoms with van der Waals surface area (Å²) in [4.78, 5) is 22.9. The van der Waals surface area contributed by atoms with E-state index in [2.05, 4.69) is 10.6 Å². The van der Waals surface area contributed by atoms with E-state index < -0.39 is 11.8 Å². The summed E-state index contributed by atoms with van der Waals surface area (Å²) < 4.78 is 13.1. The zero-order chi connectivity index (χ0) is 15.2. The number of benzene rings is 1. The number of hydrogen-bond acceptors (Lipinski definition) is 3. The summed E-state index contributed by atoms with van der Waals surface area (Å²) in [7, 11) is 0. The molecule has 0 unspecified atom stereocenters. The molecule has 2 rings (SSSR count). The van der Waals surface area contributed by atoms with Crippen LogP contribution in [0.1, 0.15) is 36.0 Å². The van der Waals surface area contributed by atoms with Crippen molar-refractivity contribution in [2.45, 2.75) is 25.7 Å². The molecule has 1 heterocycles. The van der Waals surface area contributed by atoms with Gasteiger partial charge in [-0.3, -0.25) is 4.79 Å². The van der Waals surface area contributed by atoms with Crippen LogP contribution in [-0.2, 0) is 4.79 Å². The topological polar surface area (TPSA) is 78.4 Å². The average Bonchev–Trinajstić information content (AvgIpc) is 2.48. The number of nitrogens with one attached hydrogen (secondary N) is 2. The van der Waals surface area contributed by atoms with E-state index >= 15 is 0 Å². The third-order valence-electron chi connectivity index (χ3n) is 3.72. The fraction of sp³-hybridized carbons (Fsp3) is 0.467. The Balaban J connectivity index is 1.91. The highest BCUT2D eigenvalue weighted by molar-refractivity contribution is 6.00. The maximum Gasteiger partial charge on any atom is 0.337 e. The smallest absolute Gasteiger partial charge is 0.337 e. The summed E-state index contributed by atoms with van der Waals surface area (Å²) in [5.74, 6) is -1.60. The highest BCUT2D eigenvalue weighted by atomic mass is 19.1. The minimum absolute atomic E-state index is 0.138. The van der Waals surface area contributed by atoms with E-state index in [0.717, 1.165) is 44.5 Å². The molecule has 1 fully saturated rings. The molecular weight excluding hydrogens is 275 g/mol. The second-order valence-electron chi connectivity index (χ2n) is 5.28. The number of amides is 1. The van der Waals surface area contributed by atoms with Crippen molar-refractivity contribution in [1.82, 2.24) is 5.32 Å². The molecule has 0 radical (unpaired) electrons. The van der Waals surface area contributed by atoms with Gasteiger partial charge in [0, 0.05) is 6.42 Å². The van der Waals surface area contributed by atoms with Gasteiger partial charge in [-0.1, -0.05) is 0 Å². The zero-order valence-electron chi connectivity index (χ0n) is 11.7. The minimum Gasteiger partial charge on any atom is -0.478 e. The Bertz CT molecular complexity index is 528. The van der Waals surface area contributed by atoms with E-state index in [-0.39, 0.29) is 17.2 Å². The maximum atomic E-state index is 13.1. The van der Waals surface area contributed by atoms with Gasteiger partial charge in [0.1, 0.15) is 5.82 Å². The van der Waals surface area contributed by atoms with Crippen molar-refractivity contribution >= 4 is 17.6 Å². The van der Waals surface area contributed by atoms with Crippen LogP contribution in [-0.4, -0.2) is 30.1 Å². The van der Waals surface area contributed by atoms with Crippen molar-refractivity contribution in [2.75, 3.05) is 18.4 Å². The Kier molecular flexibility index (Phi) is 5.27. The number of aromatic carboxylic acids is 1. The molecule has 6 heteroatoms. The van der Waals surface area contributed by atoms with Gasteiger partial charge in [-0.2, -0.15) is 0 Å². The van der Waals surface area contributed by atoms with Crippen LogP contribution in [0.25, 0.3) is 0 Å². The van der Waals surface area contributed by atoms with Gasteiger partial charge in [-0.25, -0.2) is 9.18 Å². The van der Waals surface area contributed by atoms with Gasteiger partial charge in [0.05, 0.1) is 11.3 Å². The number of anilines is 1. The predicted octanol–water partition coefficient (Wildman–Crippen LogP) is 2.24. The molecule has 1 saturated heterocycles. The van der Waals surface area contributed by atoms with Crippen molar-refractivity contribution in [3.05, 3.63) is 29.6 Å². The summed E-state index contributed by atoms with van der Waals surface area (Å²) in [6.07, 6.45) is 3.26. The monoisotopic (exact) mass is 294 g/mol. The first-order chi connectivity index (χ1) is 10.1. The molecule has 5 nitrogen and oxygen atoms in total. The van der Waals surface area contributed by atoms with Crippen LogP contribution < -0.4 is 10.6 Å². The lowest BCUT2D eigenvalue weighted by molar-refractivity contribution is -0.116. The van der Waals surface area contributed by atoms with Crippen molar-refractivity contribution in [3.8, 4) is 0 Å². The maximum absolute atomic E-state index is 13.1. The van der Waals surface area contributed by atoms with Crippen LogP contribution in [0.5, 0.6) is 0 Å². The summed E-state index contributed by atoms with van der Waals surface area (Å²) in [6.45, 7) is 1.96. The number of hydrogen-bond donors (Lipinski definition) is 3. The largest absolute Gasteiger partial charge is 0.478 e. The van der Waals surface area contributed by atoms with E-state index in [1.165, 1.54) is 6.07 Å².